The van der Waals surface area contributed by atoms with Crippen molar-refractivity contribution in [3.63, 3.8) is 0 Å². The third kappa shape index (κ3) is 2.37. The minimum atomic E-state index is -0.629. The van der Waals surface area contributed by atoms with Crippen molar-refractivity contribution in [1.82, 2.24) is 15.2 Å². The van der Waals surface area contributed by atoms with Gasteiger partial charge in [-0.25, -0.2) is 0 Å². The predicted molar refractivity (Wildman–Crippen MR) is 58.9 cm³/mol. The number of nitrogens with one attached hydrogen (secondary N) is 1. The highest BCUT2D eigenvalue weighted by Gasteiger charge is 2.22. The summed E-state index contributed by atoms with van der Waals surface area (Å²) in [7, 11) is 0. The maximum Gasteiger partial charge on any atom is 0.255 e. The summed E-state index contributed by atoms with van der Waals surface area (Å²) in [5.41, 5.74) is 1.46. The van der Waals surface area contributed by atoms with Crippen LogP contribution in [0.25, 0.3) is 0 Å². The third-order valence-electron chi connectivity index (χ3n) is 2.60. The van der Waals surface area contributed by atoms with E-state index < -0.39 is 6.23 Å². The summed E-state index contributed by atoms with van der Waals surface area (Å²) in [6.07, 6.45) is 0.947. The Bertz CT molecular complexity index is 377. The van der Waals surface area contributed by atoms with E-state index in [1.807, 2.05) is 13.0 Å². The Balaban J connectivity index is 2.09. The van der Waals surface area contributed by atoms with Crippen LogP contribution in [0.3, 0.4) is 0 Å². The number of pyridine rings is 1. The monoisotopic (exact) mass is 221 g/mol. The Labute approximate surface area is 94.1 Å². The zero-order valence-corrected chi connectivity index (χ0v) is 9.18. The van der Waals surface area contributed by atoms with Crippen molar-refractivity contribution < 1.29 is 9.90 Å². The van der Waals surface area contributed by atoms with Gasteiger partial charge < -0.3 is 10.0 Å². The molecular formula is C11H15N3O2. The van der Waals surface area contributed by atoms with Gasteiger partial charge in [0, 0.05) is 25.0 Å². The lowest BCUT2D eigenvalue weighted by molar-refractivity contribution is 0.0401. The molecule has 1 saturated heterocycles. The van der Waals surface area contributed by atoms with Crippen LogP contribution in [0.2, 0.25) is 0 Å². The summed E-state index contributed by atoms with van der Waals surface area (Å²) in [6.45, 7) is 3.44. The normalized spacial score (nSPS) is 20.9. The fraction of sp³-hybridized carbons (Fsp3) is 0.455. The first kappa shape index (κ1) is 11.0. The van der Waals surface area contributed by atoms with E-state index in [-0.39, 0.29) is 5.91 Å². The number of carbonyl (C=O) groups is 1. The summed E-state index contributed by atoms with van der Waals surface area (Å²) < 4.78 is 0. The predicted octanol–water partition coefficient (Wildman–Crippen LogP) is -0.246. The van der Waals surface area contributed by atoms with Crippen LogP contribution in [0, 0.1) is 6.92 Å². The van der Waals surface area contributed by atoms with Gasteiger partial charge in [-0.1, -0.05) is 0 Å². The lowest BCUT2D eigenvalue weighted by Gasteiger charge is -2.30. The summed E-state index contributed by atoms with van der Waals surface area (Å²) in [4.78, 5) is 17.7. The Morgan fingerprint density at radius 1 is 1.62 bits per heavy atom. The van der Waals surface area contributed by atoms with E-state index in [9.17, 15) is 9.90 Å². The molecule has 1 aliphatic heterocycles. The molecule has 0 spiro atoms. The maximum atomic E-state index is 12.0. The van der Waals surface area contributed by atoms with Crippen molar-refractivity contribution in [3.8, 4) is 0 Å². The molecule has 1 fully saturated rings. The van der Waals surface area contributed by atoms with Crippen LogP contribution < -0.4 is 5.32 Å². The van der Waals surface area contributed by atoms with Crippen molar-refractivity contribution in [2.24, 2.45) is 0 Å². The third-order valence-corrected chi connectivity index (χ3v) is 2.60. The van der Waals surface area contributed by atoms with Gasteiger partial charge in [0.25, 0.3) is 5.91 Å². The van der Waals surface area contributed by atoms with Gasteiger partial charge in [0.15, 0.2) is 0 Å². The highest BCUT2D eigenvalue weighted by Crippen LogP contribution is 2.06. The zero-order chi connectivity index (χ0) is 11.5. The molecule has 1 aromatic rings. The molecule has 5 heteroatoms. The topological polar surface area (TPSA) is 65.5 Å². The van der Waals surface area contributed by atoms with Gasteiger partial charge in [0.05, 0.1) is 12.1 Å². The van der Waals surface area contributed by atoms with Crippen LogP contribution in [0.5, 0.6) is 0 Å². The van der Waals surface area contributed by atoms with E-state index in [1.165, 1.54) is 0 Å². The second kappa shape index (κ2) is 4.59. The number of carbonyl (C=O) groups excluding carboxylic acids is 1. The van der Waals surface area contributed by atoms with E-state index in [4.69, 9.17) is 0 Å². The summed E-state index contributed by atoms with van der Waals surface area (Å²) in [5, 5.41) is 12.3. The van der Waals surface area contributed by atoms with Gasteiger partial charge in [0.1, 0.15) is 6.23 Å². The quantitative estimate of drug-likeness (QED) is 0.686. The van der Waals surface area contributed by atoms with E-state index >= 15 is 0 Å². The molecule has 0 aromatic carbocycles. The largest absolute Gasteiger partial charge is 0.377 e. The number of rotatable bonds is 1. The van der Waals surface area contributed by atoms with Crippen LogP contribution in [-0.4, -0.2) is 46.8 Å². The van der Waals surface area contributed by atoms with Gasteiger partial charge in [-0.3, -0.25) is 15.1 Å². The molecule has 0 saturated carbocycles. The second-order valence-electron chi connectivity index (χ2n) is 3.91. The fourth-order valence-electron chi connectivity index (χ4n) is 1.69. The minimum Gasteiger partial charge on any atom is -0.377 e. The van der Waals surface area contributed by atoms with Gasteiger partial charge in [-0.15, -0.1) is 0 Å². The average molecular weight is 221 g/mol. The first-order valence-electron chi connectivity index (χ1n) is 5.30. The molecule has 0 radical (unpaired) electrons. The molecule has 1 aliphatic rings. The van der Waals surface area contributed by atoms with Crippen molar-refractivity contribution in [2.75, 3.05) is 19.6 Å². The molecule has 5 nitrogen and oxygen atoms in total. The van der Waals surface area contributed by atoms with Crippen molar-refractivity contribution in [1.29, 1.82) is 0 Å². The Hall–Kier alpha value is -1.46. The Kier molecular flexibility index (Phi) is 3.17. The zero-order valence-electron chi connectivity index (χ0n) is 9.18. The van der Waals surface area contributed by atoms with Gasteiger partial charge >= 0.3 is 0 Å². The second-order valence-corrected chi connectivity index (χ2v) is 3.91. The number of β-amino-alcohol motifs (C(OH)–C–C–N with tert-alkyl or cyclic N) is 1. The molecule has 1 unspecified atom stereocenters. The number of hydrogen-bond acceptors (Lipinski definition) is 4. The van der Waals surface area contributed by atoms with Crippen LogP contribution in [0.15, 0.2) is 18.3 Å². The van der Waals surface area contributed by atoms with Crippen LogP contribution in [0.1, 0.15) is 16.1 Å². The van der Waals surface area contributed by atoms with Crippen molar-refractivity contribution in [2.45, 2.75) is 13.2 Å². The number of aliphatic hydroxyl groups is 1. The molecule has 1 amide bonds. The number of aliphatic hydroxyl groups excluding tert-OH is 1. The van der Waals surface area contributed by atoms with E-state index in [0.717, 1.165) is 5.69 Å². The SMILES string of the molecule is Cc1ccc(C(=O)N2CCNC(O)C2)cn1. The molecule has 86 valence electrons. The molecule has 1 aromatic heterocycles. The van der Waals surface area contributed by atoms with E-state index in [1.54, 1.807) is 17.2 Å². The molecule has 0 aliphatic carbocycles. The number of amides is 1. The number of nitrogens with zero attached hydrogens (tertiary/aromatic N) is 2. The lowest BCUT2D eigenvalue weighted by atomic mass is 10.2. The lowest BCUT2D eigenvalue weighted by Crippen LogP contribution is -2.52. The Morgan fingerprint density at radius 3 is 3.06 bits per heavy atom. The molecule has 2 N–H and O–H groups in total. The number of hydrogen-bond donors (Lipinski definition) is 2. The maximum absolute atomic E-state index is 12.0. The number of aryl methyl sites for hydroxylation is 1. The first-order chi connectivity index (χ1) is 7.66. The average Bonchev–Trinajstić information content (AvgIpc) is 2.29. The number of piperazine rings is 1. The molecular weight excluding hydrogens is 206 g/mol. The van der Waals surface area contributed by atoms with Crippen molar-refractivity contribution in [3.05, 3.63) is 29.6 Å². The summed E-state index contributed by atoms with van der Waals surface area (Å²) in [6, 6.07) is 3.57. The molecule has 16 heavy (non-hydrogen) atoms. The fourth-order valence-corrected chi connectivity index (χ4v) is 1.69. The van der Waals surface area contributed by atoms with Crippen LogP contribution in [-0.2, 0) is 0 Å². The van der Waals surface area contributed by atoms with Crippen LogP contribution in [0.4, 0.5) is 0 Å². The highest BCUT2D eigenvalue weighted by molar-refractivity contribution is 5.94. The highest BCUT2D eigenvalue weighted by atomic mass is 16.3. The van der Waals surface area contributed by atoms with Gasteiger partial charge in [0.2, 0.25) is 0 Å². The van der Waals surface area contributed by atoms with E-state index in [2.05, 4.69) is 10.3 Å². The smallest absolute Gasteiger partial charge is 0.255 e. The van der Waals surface area contributed by atoms with Crippen LogP contribution >= 0.6 is 0 Å². The summed E-state index contributed by atoms with van der Waals surface area (Å²) >= 11 is 0. The van der Waals surface area contributed by atoms with Gasteiger partial charge in [-0.05, 0) is 19.1 Å². The van der Waals surface area contributed by atoms with Crippen molar-refractivity contribution >= 4 is 5.91 Å². The first-order valence-corrected chi connectivity index (χ1v) is 5.30. The number of aromatic nitrogens is 1. The summed E-state index contributed by atoms with van der Waals surface area (Å²) in [5.74, 6) is -0.0759. The molecule has 2 heterocycles. The standard InChI is InChI=1S/C11H15N3O2/c1-8-2-3-9(6-13-8)11(16)14-5-4-12-10(15)7-14/h2-3,6,10,12,15H,4-5,7H2,1H3. The minimum absolute atomic E-state index is 0.0759. The van der Waals surface area contributed by atoms with E-state index in [0.29, 0.717) is 25.2 Å². The molecule has 0 bridgehead atoms. The van der Waals surface area contributed by atoms with Gasteiger partial charge in [-0.2, -0.15) is 0 Å². The molecule has 1 atom stereocenters. The Morgan fingerprint density at radius 2 is 2.44 bits per heavy atom. The molecule has 2 rings (SSSR count).